The zero-order valence-electron chi connectivity index (χ0n) is 11.6. The van der Waals surface area contributed by atoms with Crippen molar-refractivity contribution in [2.24, 2.45) is 11.8 Å². The first kappa shape index (κ1) is 11.7. The standard InChI is InChI=1S/C16H23N3/c1-2-15-12-18(10-13-3-4-13)8-9-19(11-14-5-6-14)16(15)17-7-1/h1-2,7,13-14H,3-6,8-12H2. The lowest BCUT2D eigenvalue weighted by molar-refractivity contribution is 0.265. The van der Waals surface area contributed by atoms with Gasteiger partial charge in [0.25, 0.3) is 0 Å². The predicted octanol–water partition coefficient (Wildman–Crippen LogP) is 2.52. The van der Waals surface area contributed by atoms with Crippen LogP contribution >= 0.6 is 0 Å². The highest BCUT2D eigenvalue weighted by atomic mass is 15.3. The number of rotatable bonds is 4. The Balaban J connectivity index is 1.54. The Kier molecular flexibility index (Phi) is 2.95. The molecule has 3 heteroatoms. The first-order valence-corrected chi connectivity index (χ1v) is 7.79. The predicted molar refractivity (Wildman–Crippen MR) is 77.2 cm³/mol. The van der Waals surface area contributed by atoms with Crippen LogP contribution in [0.25, 0.3) is 0 Å². The van der Waals surface area contributed by atoms with Gasteiger partial charge in [-0.1, -0.05) is 6.07 Å². The van der Waals surface area contributed by atoms with Gasteiger partial charge in [0.05, 0.1) is 0 Å². The average Bonchev–Trinajstić information content (AvgIpc) is 3.28. The van der Waals surface area contributed by atoms with Gasteiger partial charge in [-0.05, 0) is 43.6 Å². The minimum absolute atomic E-state index is 0.935. The molecule has 0 amide bonds. The molecule has 1 aliphatic heterocycles. The highest BCUT2D eigenvalue weighted by Crippen LogP contribution is 2.34. The Labute approximate surface area is 115 Å². The SMILES string of the molecule is c1cnc2c(c1)CN(CC1CC1)CCN2CC1CC1. The molecule has 0 unspecified atom stereocenters. The molecule has 0 radical (unpaired) electrons. The van der Waals surface area contributed by atoms with Crippen molar-refractivity contribution >= 4 is 5.82 Å². The number of anilines is 1. The van der Waals surface area contributed by atoms with E-state index in [4.69, 9.17) is 0 Å². The Morgan fingerprint density at radius 1 is 1.05 bits per heavy atom. The summed E-state index contributed by atoms with van der Waals surface area (Å²) in [5.41, 5.74) is 1.43. The normalized spacial score (nSPS) is 24.1. The zero-order valence-corrected chi connectivity index (χ0v) is 11.6. The minimum Gasteiger partial charge on any atom is -0.355 e. The Bertz CT molecular complexity index is 451. The molecule has 2 aliphatic carbocycles. The molecular weight excluding hydrogens is 234 g/mol. The third-order valence-corrected chi connectivity index (χ3v) is 4.64. The van der Waals surface area contributed by atoms with Crippen molar-refractivity contribution in [2.75, 3.05) is 31.1 Å². The van der Waals surface area contributed by atoms with Gasteiger partial charge in [0.1, 0.15) is 5.82 Å². The van der Waals surface area contributed by atoms with Crippen LogP contribution in [0.1, 0.15) is 31.2 Å². The van der Waals surface area contributed by atoms with E-state index in [1.54, 1.807) is 0 Å². The summed E-state index contributed by atoms with van der Waals surface area (Å²) in [4.78, 5) is 9.86. The Hall–Kier alpha value is -1.09. The van der Waals surface area contributed by atoms with Crippen LogP contribution in [-0.4, -0.2) is 36.1 Å². The smallest absolute Gasteiger partial charge is 0.133 e. The van der Waals surface area contributed by atoms with Crippen molar-refractivity contribution in [3.63, 3.8) is 0 Å². The van der Waals surface area contributed by atoms with Gasteiger partial charge in [-0.2, -0.15) is 0 Å². The molecule has 19 heavy (non-hydrogen) atoms. The molecule has 1 aromatic heterocycles. The molecule has 0 atom stereocenters. The molecule has 0 spiro atoms. The summed E-state index contributed by atoms with van der Waals surface area (Å²) in [6.07, 6.45) is 7.69. The largest absolute Gasteiger partial charge is 0.355 e. The summed E-state index contributed by atoms with van der Waals surface area (Å²) < 4.78 is 0. The molecule has 0 saturated heterocycles. The van der Waals surface area contributed by atoms with Crippen LogP contribution < -0.4 is 4.90 Å². The van der Waals surface area contributed by atoms with Crippen molar-refractivity contribution in [1.82, 2.24) is 9.88 Å². The van der Waals surface area contributed by atoms with Gasteiger partial charge in [0.2, 0.25) is 0 Å². The number of hydrogen-bond donors (Lipinski definition) is 0. The zero-order chi connectivity index (χ0) is 12.7. The molecule has 2 heterocycles. The van der Waals surface area contributed by atoms with E-state index in [0.717, 1.165) is 24.9 Å². The molecule has 3 nitrogen and oxygen atoms in total. The van der Waals surface area contributed by atoms with Crippen molar-refractivity contribution in [3.05, 3.63) is 23.9 Å². The second kappa shape index (κ2) is 4.78. The maximum Gasteiger partial charge on any atom is 0.133 e. The van der Waals surface area contributed by atoms with E-state index in [1.807, 2.05) is 6.20 Å². The van der Waals surface area contributed by atoms with E-state index in [2.05, 4.69) is 26.9 Å². The van der Waals surface area contributed by atoms with Crippen LogP contribution in [0.4, 0.5) is 5.82 Å². The molecule has 102 valence electrons. The molecular formula is C16H23N3. The topological polar surface area (TPSA) is 19.4 Å². The summed E-state index contributed by atoms with van der Waals surface area (Å²) >= 11 is 0. The van der Waals surface area contributed by atoms with Crippen molar-refractivity contribution < 1.29 is 0 Å². The number of aromatic nitrogens is 1. The summed E-state index contributed by atoms with van der Waals surface area (Å²) in [6, 6.07) is 4.36. The summed E-state index contributed by atoms with van der Waals surface area (Å²) in [5, 5.41) is 0. The van der Waals surface area contributed by atoms with Crippen LogP contribution in [0.5, 0.6) is 0 Å². The molecule has 3 aliphatic rings. The quantitative estimate of drug-likeness (QED) is 0.826. The van der Waals surface area contributed by atoms with Gasteiger partial charge in [-0.25, -0.2) is 4.98 Å². The number of pyridine rings is 1. The van der Waals surface area contributed by atoms with Crippen LogP contribution in [0, 0.1) is 11.8 Å². The van der Waals surface area contributed by atoms with E-state index < -0.39 is 0 Å². The lowest BCUT2D eigenvalue weighted by Crippen LogP contribution is -2.33. The second-order valence-corrected chi connectivity index (χ2v) is 6.55. The Morgan fingerprint density at radius 3 is 2.63 bits per heavy atom. The summed E-state index contributed by atoms with van der Waals surface area (Å²) in [7, 11) is 0. The number of nitrogens with zero attached hydrogens (tertiary/aromatic N) is 3. The first-order valence-electron chi connectivity index (χ1n) is 7.79. The fraction of sp³-hybridized carbons (Fsp3) is 0.688. The summed E-state index contributed by atoms with van der Waals surface area (Å²) in [5.74, 6) is 3.17. The fourth-order valence-corrected chi connectivity index (χ4v) is 3.14. The molecule has 1 aromatic rings. The van der Waals surface area contributed by atoms with Crippen LogP contribution in [0.3, 0.4) is 0 Å². The first-order chi connectivity index (χ1) is 9.38. The van der Waals surface area contributed by atoms with E-state index in [9.17, 15) is 0 Å². The van der Waals surface area contributed by atoms with Gasteiger partial charge in [0, 0.05) is 44.5 Å². The lowest BCUT2D eigenvalue weighted by atomic mass is 10.2. The van der Waals surface area contributed by atoms with Crippen molar-refractivity contribution in [1.29, 1.82) is 0 Å². The molecule has 0 aromatic carbocycles. The van der Waals surface area contributed by atoms with Gasteiger partial charge in [0.15, 0.2) is 0 Å². The van der Waals surface area contributed by atoms with Gasteiger partial charge in [-0.3, -0.25) is 4.90 Å². The highest BCUT2D eigenvalue weighted by molar-refractivity contribution is 5.47. The lowest BCUT2D eigenvalue weighted by Gasteiger charge is -2.23. The van der Waals surface area contributed by atoms with Crippen LogP contribution in [0.15, 0.2) is 18.3 Å². The third-order valence-electron chi connectivity index (χ3n) is 4.64. The van der Waals surface area contributed by atoms with Crippen LogP contribution in [-0.2, 0) is 6.54 Å². The molecule has 0 bridgehead atoms. The van der Waals surface area contributed by atoms with Gasteiger partial charge < -0.3 is 4.90 Å². The maximum absolute atomic E-state index is 4.67. The molecule has 4 rings (SSSR count). The number of fused-ring (bicyclic) bond motifs is 1. The Morgan fingerprint density at radius 2 is 1.84 bits per heavy atom. The van der Waals surface area contributed by atoms with Crippen LogP contribution in [0.2, 0.25) is 0 Å². The monoisotopic (exact) mass is 257 g/mol. The molecule has 2 fully saturated rings. The fourth-order valence-electron chi connectivity index (χ4n) is 3.14. The molecule has 0 N–H and O–H groups in total. The third kappa shape index (κ3) is 2.76. The van der Waals surface area contributed by atoms with E-state index in [-0.39, 0.29) is 0 Å². The average molecular weight is 257 g/mol. The summed E-state index contributed by atoms with van der Waals surface area (Å²) in [6.45, 7) is 5.99. The second-order valence-electron chi connectivity index (χ2n) is 6.55. The van der Waals surface area contributed by atoms with Crippen molar-refractivity contribution in [2.45, 2.75) is 32.2 Å². The van der Waals surface area contributed by atoms with E-state index in [0.29, 0.717) is 0 Å². The van der Waals surface area contributed by atoms with E-state index >= 15 is 0 Å². The maximum atomic E-state index is 4.67. The van der Waals surface area contributed by atoms with Gasteiger partial charge in [-0.15, -0.1) is 0 Å². The molecule has 2 saturated carbocycles. The van der Waals surface area contributed by atoms with Crippen molar-refractivity contribution in [3.8, 4) is 0 Å². The van der Waals surface area contributed by atoms with Gasteiger partial charge >= 0.3 is 0 Å². The minimum atomic E-state index is 0.935. The highest BCUT2D eigenvalue weighted by Gasteiger charge is 2.30. The number of hydrogen-bond acceptors (Lipinski definition) is 3. The van der Waals surface area contributed by atoms with E-state index in [1.165, 1.54) is 56.7 Å².